The average Bonchev–Trinajstić information content (AvgIpc) is 2.70. The molecular formula is C27H34O8. The van der Waals surface area contributed by atoms with Gasteiger partial charge in [-0.1, -0.05) is 37.6 Å². The molecule has 0 aliphatic carbocycles. The highest BCUT2D eigenvalue weighted by atomic mass is 16.7. The zero-order chi connectivity index (χ0) is 26.4. The van der Waals surface area contributed by atoms with Crippen molar-refractivity contribution in [1.82, 2.24) is 0 Å². The Kier molecular flexibility index (Phi) is 8.55. The van der Waals surface area contributed by atoms with Crippen LogP contribution < -0.4 is 9.47 Å². The molecule has 0 heterocycles. The molecule has 0 atom stereocenters. The zero-order valence-corrected chi connectivity index (χ0v) is 21.3. The molecule has 8 nitrogen and oxygen atoms in total. The second-order valence-corrected chi connectivity index (χ2v) is 10.1. The molecule has 0 saturated carbocycles. The fourth-order valence-corrected chi connectivity index (χ4v) is 3.53. The summed E-state index contributed by atoms with van der Waals surface area (Å²) in [5.74, 6) is -0.555. The third-order valence-corrected chi connectivity index (χ3v) is 4.87. The molecule has 0 amide bonds. The number of carbonyl (C=O) groups excluding carboxylic acids is 2. The normalized spacial score (nSPS) is 12.0. The molecule has 0 aromatic heterocycles. The number of hydrogen-bond donors (Lipinski definition) is 1. The summed E-state index contributed by atoms with van der Waals surface area (Å²) in [5.41, 5.74) is -1.72. The number of carboxylic acids is 1. The number of carboxylic acid groups (broad SMARTS) is 1. The van der Waals surface area contributed by atoms with Gasteiger partial charge in [0.25, 0.3) is 0 Å². The Hall–Kier alpha value is -3.55. The summed E-state index contributed by atoms with van der Waals surface area (Å²) in [4.78, 5) is 36.5. The first-order chi connectivity index (χ1) is 16.2. The molecule has 8 heteroatoms. The molecule has 1 N–H and O–H groups in total. The minimum absolute atomic E-state index is 0.236. The predicted octanol–water partition coefficient (Wildman–Crippen LogP) is 6.49. The van der Waals surface area contributed by atoms with Gasteiger partial charge in [-0.2, -0.15) is 0 Å². The van der Waals surface area contributed by atoms with Gasteiger partial charge >= 0.3 is 18.3 Å². The molecular weight excluding hydrogens is 452 g/mol. The summed E-state index contributed by atoms with van der Waals surface area (Å²) in [5, 5.41) is 10.3. The highest BCUT2D eigenvalue weighted by molar-refractivity contribution is 5.86. The summed E-state index contributed by atoms with van der Waals surface area (Å²) in [6.07, 6.45) is -0.771. The second kappa shape index (κ2) is 10.8. The fourth-order valence-electron chi connectivity index (χ4n) is 3.53. The van der Waals surface area contributed by atoms with Crippen LogP contribution in [0, 0.1) is 0 Å². The van der Waals surface area contributed by atoms with Crippen molar-refractivity contribution in [3.05, 3.63) is 59.7 Å². The summed E-state index contributed by atoms with van der Waals surface area (Å²) in [6, 6.07) is 12.6. The molecule has 0 bridgehead atoms. The first-order valence-corrected chi connectivity index (χ1v) is 11.4. The Morgan fingerprint density at radius 2 is 1.03 bits per heavy atom. The quantitative estimate of drug-likeness (QED) is 0.350. The van der Waals surface area contributed by atoms with Gasteiger partial charge in [0, 0.05) is 0 Å². The topological polar surface area (TPSA) is 108 Å². The van der Waals surface area contributed by atoms with Crippen LogP contribution in [0.3, 0.4) is 0 Å². The Bertz CT molecular complexity index is 951. The minimum atomic E-state index is -1.36. The number of hydrogen-bond acceptors (Lipinski definition) is 7. The molecule has 0 fully saturated rings. The van der Waals surface area contributed by atoms with Gasteiger partial charge in [-0.15, -0.1) is 0 Å². The van der Waals surface area contributed by atoms with Gasteiger partial charge in [0.2, 0.25) is 0 Å². The maximum atomic E-state index is 12.6. The standard InChI is InChI=1S/C27H34O8/c1-8-17-27(22(28)29,18-9-13-20(14-10-18)32-23(30)34-25(2,3)4)19-11-15-21(16-12-19)33-24(31)35-26(5,6)7/h9-16H,8,17H2,1-7H3,(H,28,29). The van der Waals surface area contributed by atoms with E-state index in [1.54, 1.807) is 65.8 Å². The number of rotatable bonds is 7. The van der Waals surface area contributed by atoms with Gasteiger partial charge in [0.05, 0.1) is 0 Å². The van der Waals surface area contributed by atoms with E-state index in [9.17, 15) is 19.5 Å². The van der Waals surface area contributed by atoms with E-state index in [0.717, 1.165) is 0 Å². The van der Waals surface area contributed by atoms with Crippen LogP contribution in [-0.2, 0) is 19.7 Å². The van der Waals surface area contributed by atoms with Crippen LogP contribution in [0.5, 0.6) is 11.5 Å². The third kappa shape index (κ3) is 7.73. The van der Waals surface area contributed by atoms with Crippen molar-refractivity contribution in [2.75, 3.05) is 0 Å². The van der Waals surface area contributed by atoms with Gasteiger partial charge in [0.1, 0.15) is 28.1 Å². The van der Waals surface area contributed by atoms with Gasteiger partial charge in [-0.3, -0.25) is 4.79 Å². The molecule has 190 valence electrons. The van der Waals surface area contributed by atoms with E-state index < -0.39 is 34.9 Å². The van der Waals surface area contributed by atoms with E-state index in [2.05, 4.69) is 0 Å². The van der Waals surface area contributed by atoms with Crippen LogP contribution in [0.4, 0.5) is 9.59 Å². The molecule has 2 aromatic rings. The van der Waals surface area contributed by atoms with Crippen molar-refractivity contribution in [3.8, 4) is 11.5 Å². The molecule has 0 saturated heterocycles. The minimum Gasteiger partial charge on any atom is -0.480 e. The summed E-state index contributed by atoms with van der Waals surface area (Å²) in [7, 11) is 0. The molecule has 0 unspecified atom stereocenters. The summed E-state index contributed by atoms with van der Waals surface area (Å²) >= 11 is 0. The number of benzene rings is 2. The van der Waals surface area contributed by atoms with Crippen LogP contribution in [0.15, 0.2) is 48.5 Å². The summed E-state index contributed by atoms with van der Waals surface area (Å²) < 4.78 is 20.7. The number of aliphatic carboxylic acids is 1. The van der Waals surface area contributed by atoms with E-state index in [4.69, 9.17) is 18.9 Å². The molecule has 0 aliphatic rings. The first-order valence-electron chi connectivity index (χ1n) is 11.4. The Morgan fingerprint density at radius 3 is 1.29 bits per heavy atom. The Balaban J connectivity index is 2.33. The summed E-state index contributed by atoms with van der Waals surface area (Å²) in [6.45, 7) is 12.3. The van der Waals surface area contributed by atoms with E-state index in [-0.39, 0.29) is 11.5 Å². The smallest absolute Gasteiger partial charge is 0.480 e. The lowest BCUT2D eigenvalue weighted by Gasteiger charge is -2.30. The second-order valence-electron chi connectivity index (χ2n) is 10.1. The monoisotopic (exact) mass is 486 g/mol. The van der Waals surface area contributed by atoms with Gasteiger partial charge in [-0.25, -0.2) is 9.59 Å². The largest absolute Gasteiger partial charge is 0.514 e. The van der Waals surface area contributed by atoms with Crippen LogP contribution in [0.1, 0.15) is 72.4 Å². The van der Waals surface area contributed by atoms with Crippen LogP contribution in [-0.4, -0.2) is 34.6 Å². The van der Waals surface area contributed by atoms with Crippen molar-refractivity contribution >= 4 is 18.3 Å². The van der Waals surface area contributed by atoms with E-state index in [1.165, 1.54) is 24.3 Å². The van der Waals surface area contributed by atoms with Gasteiger partial charge in [-0.05, 0) is 83.4 Å². The van der Waals surface area contributed by atoms with Crippen molar-refractivity contribution < 1.29 is 38.4 Å². The Labute approximate surface area is 206 Å². The highest BCUT2D eigenvalue weighted by Crippen LogP contribution is 2.39. The molecule has 35 heavy (non-hydrogen) atoms. The predicted molar refractivity (Wildman–Crippen MR) is 130 cm³/mol. The van der Waals surface area contributed by atoms with Crippen LogP contribution in [0.2, 0.25) is 0 Å². The molecule has 2 aromatic carbocycles. The SMILES string of the molecule is CCCC(C(=O)O)(c1ccc(OC(=O)OC(C)(C)C)cc1)c1ccc(OC(=O)OC(C)(C)C)cc1. The van der Waals surface area contributed by atoms with Crippen molar-refractivity contribution in [2.45, 2.75) is 77.9 Å². The van der Waals surface area contributed by atoms with Crippen molar-refractivity contribution in [2.24, 2.45) is 0 Å². The van der Waals surface area contributed by atoms with Gasteiger partial charge in [0.15, 0.2) is 0 Å². The average molecular weight is 487 g/mol. The zero-order valence-electron chi connectivity index (χ0n) is 21.3. The van der Waals surface area contributed by atoms with Crippen LogP contribution in [0.25, 0.3) is 0 Å². The number of ether oxygens (including phenoxy) is 4. The lowest BCUT2D eigenvalue weighted by Crippen LogP contribution is -2.37. The molecule has 0 aliphatic heterocycles. The first kappa shape index (κ1) is 27.7. The number of carbonyl (C=O) groups is 3. The molecule has 0 spiro atoms. The van der Waals surface area contributed by atoms with E-state index in [0.29, 0.717) is 24.0 Å². The lowest BCUT2D eigenvalue weighted by atomic mass is 9.71. The Morgan fingerprint density at radius 1 is 0.686 bits per heavy atom. The highest BCUT2D eigenvalue weighted by Gasteiger charge is 2.41. The maximum Gasteiger partial charge on any atom is 0.514 e. The fraction of sp³-hybridized carbons (Fsp3) is 0.444. The van der Waals surface area contributed by atoms with Crippen molar-refractivity contribution in [3.63, 3.8) is 0 Å². The van der Waals surface area contributed by atoms with Crippen molar-refractivity contribution in [1.29, 1.82) is 0 Å². The van der Waals surface area contributed by atoms with E-state index in [1.807, 2.05) is 6.92 Å². The molecule has 0 radical (unpaired) electrons. The van der Waals surface area contributed by atoms with E-state index >= 15 is 0 Å². The third-order valence-electron chi connectivity index (χ3n) is 4.87. The lowest BCUT2D eigenvalue weighted by molar-refractivity contribution is -0.142. The molecule has 2 rings (SSSR count). The van der Waals surface area contributed by atoms with Crippen LogP contribution >= 0.6 is 0 Å². The van der Waals surface area contributed by atoms with Gasteiger partial charge < -0.3 is 24.1 Å². The maximum absolute atomic E-state index is 12.6.